The summed E-state index contributed by atoms with van der Waals surface area (Å²) in [7, 11) is 0. The fourth-order valence-corrected chi connectivity index (χ4v) is 2.81. The Hall–Kier alpha value is -2.59. The molecule has 1 aliphatic heterocycles. The van der Waals surface area contributed by atoms with Crippen LogP contribution in [0.15, 0.2) is 24.3 Å². The van der Waals surface area contributed by atoms with Gasteiger partial charge in [-0.2, -0.15) is 5.26 Å². The highest BCUT2D eigenvalue weighted by molar-refractivity contribution is 5.89. The van der Waals surface area contributed by atoms with Crippen LogP contribution in [-0.2, 0) is 4.79 Å². The zero-order chi connectivity index (χ0) is 18.2. The first-order valence-electron chi connectivity index (χ1n) is 8.63. The van der Waals surface area contributed by atoms with Gasteiger partial charge in [-0.15, -0.1) is 0 Å². The molecule has 1 aliphatic rings. The van der Waals surface area contributed by atoms with E-state index in [9.17, 15) is 9.59 Å². The molecule has 25 heavy (non-hydrogen) atoms. The van der Waals surface area contributed by atoms with Crippen molar-refractivity contribution in [1.82, 2.24) is 14.7 Å². The van der Waals surface area contributed by atoms with E-state index in [1.54, 1.807) is 29.2 Å². The normalized spacial score (nSPS) is 14.7. The molecule has 1 N–H and O–H groups in total. The zero-order valence-corrected chi connectivity index (χ0v) is 14.9. The molecule has 0 aromatic heterocycles. The lowest BCUT2D eigenvalue weighted by Gasteiger charge is -2.35. The molecular formula is C18H25N5O2. The third-order valence-electron chi connectivity index (χ3n) is 4.40. The molecule has 0 unspecified atom stereocenters. The van der Waals surface area contributed by atoms with Crippen LogP contribution in [0.2, 0.25) is 0 Å². The number of nitrogens with one attached hydrogen (secondary N) is 1. The first-order chi connectivity index (χ1) is 12.1. The number of nitrogens with zero attached hydrogens (tertiary/aromatic N) is 4. The average molecular weight is 343 g/mol. The topological polar surface area (TPSA) is 79.7 Å². The molecule has 3 amide bonds. The van der Waals surface area contributed by atoms with E-state index < -0.39 is 0 Å². The van der Waals surface area contributed by atoms with Crippen LogP contribution in [0.5, 0.6) is 0 Å². The van der Waals surface area contributed by atoms with Crippen molar-refractivity contribution in [1.29, 1.82) is 5.26 Å². The van der Waals surface area contributed by atoms with E-state index in [1.807, 2.05) is 24.8 Å². The maximum atomic E-state index is 12.3. The van der Waals surface area contributed by atoms with E-state index in [-0.39, 0.29) is 11.9 Å². The number of hydrogen-bond acceptors (Lipinski definition) is 4. The van der Waals surface area contributed by atoms with Crippen LogP contribution in [0.1, 0.15) is 19.4 Å². The molecule has 1 fully saturated rings. The van der Waals surface area contributed by atoms with Gasteiger partial charge in [0.05, 0.1) is 18.2 Å². The summed E-state index contributed by atoms with van der Waals surface area (Å²) in [5.74, 6) is 0.139. The Morgan fingerprint density at radius 1 is 1.12 bits per heavy atom. The maximum Gasteiger partial charge on any atom is 0.321 e. The molecule has 7 heteroatoms. The molecule has 1 aromatic rings. The summed E-state index contributed by atoms with van der Waals surface area (Å²) in [5.41, 5.74) is 1.23. The van der Waals surface area contributed by atoms with Crippen LogP contribution in [0, 0.1) is 11.3 Å². The molecular weight excluding hydrogens is 318 g/mol. The number of carbonyl (C=O) groups is 2. The second kappa shape index (κ2) is 9.04. The van der Waals surface area contributed by atoms with E-state index in [1.165, 1.54) is 0 Å². The van der Waals surface area contributed by atoms with Crippen molar-refractivity contribution >= 4 is 17.6 Å². The van der Waals surface area contributed by atoms with Crippen molar-refractivity contribution < 1.29 is 9.59 Å². The Balaban J connectivity index is 1.79. The highest BCUT2D eigenvalue weighted by Gasteiger charge is 2.23. The number of benzene rings is 1. The van der Waals surface area contributed by atoms with Crippen molar-refractivity contribution in [3.8, 4) is 6.07 Å². The molecule has 0 spiro atoms. The summed E-state index contributed by atoms with van der Waals surface area (Å²) in [6.07, 6.45) is 0. The molecule has 0 bridgehead atoms. The molecule has 134 valence electrons. The fourth-order valence-electron chi connectivity index (χ4n) is 2.81. The van der Waals surface area contributed by atoms with Crippen molar-refractivity contribution in [2.24, 2.45) is 0 Å². The number of nitriles is 1. The van der Waals surface area contributed by atoms with Gasteiger partial charge in [0.25, 0.3) is 0 Å². The highest BCUT2D eigenvalue weighted by atomic mass is 16.2. The van der Waals surface area contributed by atoms with Gasteiger partial charge in [0.15, 0.2) is 0 Å². The summed E-state index contributed by atoms with van der Waals surface area (Å²) < 4.78 is 0. The van der Waals surface area contributed by atoms with Crippen LogP contribution in [0.4, 0.5) is 10.5 Å². The number of likely N-dealkylation sites (N-methyl/N-ethyl adjacent to an activating group) is 1. The molecule has 0 atom stereocenters. The fraction of sp³-hybridized carbons (Fsp3) is 0.500. The number of urea groups is 1. The zero-order valence-electron chi connectivity index (χ0n) is 14.9. The molecule has 1 heterocycles. The lowest BCUT2D eigenvalue weighted by Crippen LogP contribution is -2.52. The van der Waals surface area contributed by atoms with Crippen molar-refractivity contribution in [2.75, 3.05) is 51.1 Å². The smallest absolute Gasteiger partial charge is 0.321 e. The predicted molar refractivity (Wildman–Crippen MR) is 96.1 cm³/mol. The molecule has 0 aliphatic carbocycles. The lowest BCUT2D eigenvalue weighted by molar-refractivity contribution is -0.132. The largest absolute Gasteiger partial charge is 0.342 e. The number of hydrogen-bond donors (Lipinski definition) is 1. The van der Waals surface area contributed by atoms with Gasteiger partial charge in [-0.05, 0) is 38.1 Å². The Labute approximate surface area is 148 Å². The Morgan fingerprint density at radius 3 is 2.24 bits per heavy atom. The third kappa shape index (κ3) is 5.19. The average Bonchev–Trinajstić information content (AvgIpc) is 2.64. The van der Waals surface area contributed by atoms with E-state index in [0.717, 1.165) is 13.1 Å². The van der Waals surface area contributed by atoms with Gasteiger partial charge in [0.1, 0.15) is 0 Å². The summed E-state index contributed by atoms with van der Waals surface area (Å²) in [4.78, 5) is 30.1. The minimum atomic E-state index is -0.153. The minimum Gasteiger partial charge on any atom is -0.342 e. The first-order valence-corrected chi connectivity index (χ1v) is 8.63. The predicted octanol–water partition coefficient (Wildman–Crippen LogP) is 1.58. The Morgan fingerprint density at radius 2 is 1.72 bits per heavy atom. The minimum absolute atomic E-state index is 0.139. The SMILES string of the molecule is CCN(CC)C(=O)CN1CCN(C(=O)Nc2ccc(C#N)cc2)CC1. The van der Waals surface area contributed by atoms with Crippen molar-refractivity contribution in [3.63, 3.8) is 0 Å². The second-order valence-electron chi connectivity index (χ2n) is 5.95. The second-order valence-corrected chi connectivity index (χ2v) is 5.95. The Kier molecular flexibility index (Phi) is 6.78. The van der Waals surface area contributed by atoms with Crippen LogP contribution >= 0.6 is 0 Å². The van der Waals surface area contributed by atoms with Gasteiger partial charge in [0.2, 0.25) is 5.91 Å². The number of carbonyl (C=O) groups excluding carboxylic acids is 2. The first kappa shape index (κ1) is 18.7. The van der Waals surface area contributed by atoms with Gasteiger partial charge >= 0.3 is 6.03 Å². The number of piperazine rings is 1. The summed E-state index contributed by atoms with van der Waals surface area (Å²) in [6.45, 7) is 8.37. The monoisotopic (exact) mass is 343 g/mol. The third-order valence-corrected chi connectivity index (χ3v) is 4.40. The van der Waals surface area contributed by atoms with Crippen molar-refractivity contribution in [3.05, 3.63) is 29.8 Å². The molecule has 1 aromatic carbocycles. The van der Waals surface area contributed by atoms with E-state index in [0.29, 0.717) is 44.0 Å². The Bertz CT molecular complexity index is 626. The van der Waals surface area contributed by atoms with E-state index in [2.05, 4.69) is 10.2 Å². The molecule has 2 rings (SSSR count). The number of amides is 3. The van der Waals surface area contributed by atoms with Crippen LogP contribution in [0.25, 0.3) is 0 Å². The van der Waals surface area contributed by atoms with Gasteiger partial charge in [0, 0.05) is 45.0 Å². The van der Waals surface area contributed by atoms with E-state index >= 15 is 0 Å². The standard InChI is InChI=1S/C18H25N5O2/c1-3-22(4-2)17(24)14-21-9-11-23(12-10-21)18(25)20-16-7-5-15(13-19)6-8-16/h5-8H,3-4,9-12,14H2,1-2H3,(H,20,25). The summed E-state index contributed by atoms with van der Waals surface area (Å²) >= 11 is 0. The maximum absolute atomic E-state index is 12.3. The van der Waals surface area contributed by atoms with Crippen molar-refractivity contribution in [2.45, 2.75) is 13.8 Å². The molecule has 7 nitrogen and oxygen atoms in total. The van der Waals surface area contributed by atoms with Crippen LogP contribution in [0.3, 0.4) is 0 Å². The summed E-state index contributed by atoms with van der Waals surface area (Å²) in [6, 6.07) is 8.68. The van der Waals surface area contributed by atoms with Gasteiger partial charge in [-0.1, -0.05) is 0 Å². The number of rotatable bonds is 5. The molecule has 0 radical (unpaired) electrons. The van der Waals surface area contributed by atoms with Gasteiger partial charge in [-0.3, -0.25) is 9.69 Å². The summed E-state index contributed by atoms with van der Waals surface area (Å²) in [5, 5.41) is 11.6. The molecule has 0 saturated carbocycles. The van der Waals surface area contributed by atoms with Gasteiger partial charge in [-0.25, -0.2) is 4.79 Å². The highest BCUT2D eigenvalue weighted by Crippen LogP contribution is 2.11. The quantitative estimate of drug-likeness (QED) is 0.880. The van der Waals surface area contributed by atoms with Crippen LogP contribution in [-0.4, -0.2) is 72.5 Å². The van der Waals surface area contributed by atoms with Gasteiger partial charge < -0.3 is 15.1 Å². The van der Waals surface area contributed by atoms with E-state index in [4.69, 9.17) is 5.26 Å². The van der Waals surface area contributed by atoms with Crippen LogP contribution < -0.4 is 5.32 Å². The molecule has 1 saturated heterocycles. The number of anilines is 1. The lowest BCUT2D eigenvalue weighted by atomic mass is 10.2.